The Balaban J connectivity index is 1.35. The predicted octanol–water partition coefficient (Wildman–Crippen LogP) is 4.39. The van der Waals surface area contributed by atoms with Crippen molar-refractivity contribution in [2.75, 3.05) is 36.4 Å². The molecule has 1 aliphatic carbocycles. The number of carbonyl (C=O) groups excluding carboxylic acids is 3. The normalized spacial score (nSPS) is 16.1. The van der Waals surface area contributed by atoms with Gasteiger partial charge in [0.2, 0.25) is 5.91 Å². The van der Waals surface area contributed by atoms with Crippen molar-refractivity contribution in [3.63, 3.8) is 0 Å². The molecule has 2 heterocycles. The van der Waals surface area contributed by atoms with Crippen molar-refractivity contribution in [1.82, 2.24) is 10.2 Å². The first-order valence-electron chi connectivity index (χ1n) is 13.5. The van der Waals surface area contributed by atoms with E-state index in [0.717, 1.165) is 29.8 Å². The van der Waals surface area contributed by atoms with E-state index < -0.39 is 17.9 Å². The number of benzene rings is 2. The molecular weight excluding hydrogens is 528 g/mol. The largest absolute Gasteiger partial charge is 0.481 e. The summed E-state index contributed by atoms with van der Waals surface area (Å²) in [5.74, 6) is -1.52. The Morgan fingerprint density at radius 2 is 1.73 bits per heavy atom. The Bertz CT molecular complexity index is 1370. The lowest BCUT2D eigenvalue weighted by Gasteiger charge is -2.27. The fraction of sp³-hybridized carbons (Fsp3) is 0.333. The molecule has 40 heavy (non-hydrogen) atoms. The van der Waals surface area contributed by atoms with Gasteiger partial charge in [-0.25, -0.2) is 0 Å². The zero-order valence-corrected chi connectivity index (χ0v) is 22.9. The number of rotatable bonds is 9. The Kier molecular flexibility index (Phi) is 8.45. The maximum atomic E-state index is 13.2. The van der Waals surface area contributed by atoms with Crippen LogP contribution in [0.25, 0.3) is 0 Å². The van der Waals surface area contributed by atoms with Gasteiger partial charge in [0.1, 0.15) is 0 Å². The van der Waals surface area contributed by atoms with Gasteiger partial charge in [-0.1, -0.05) is 24.3 Å². The Hall–Kier alpha value is -4.18. The highest BCUT2D eigenvalue weighted by Crippen LogP contribution is 2.34. The van der Waals surface area contributed by atoms with E-state index in [1.807, 2.05) is 52.7 Å². The first-order valence-corrected chi connectivity index (χ1v) is 14.4. The van der Waals surface area contributed by atoms with E-state index >= 15 is 0 Å². The molecule has 1 saturated heterocycles. The van der Waals surface area contributed by atoms with Gasteiger partial charge < -0.3 is 25.5 Å². The second-order valence-electron chi connectivity index (χ2n) is 10.1. The average molecular weight is 561 g/mol. The number of amides is 3. The molecule has 3 N–H and O–H groups in total. The minimum Gasteiger partial charge on any atom is -0.481 e. The minimum absolute atomic E-state index is 0.00150. The van der Waals surface area contributed by atoms with E-state index in [1.54, 1.807) is 18.2 Å². The summed E-state index contributed by atoms with van der Waals surface area (Å²) in [5.41, 5.74) is 2.32. The van der Waals surface area contributed by atoms with E-state index in [-0.39, 0.29) is 24.2 Å². The van der Waals surface area contributed by atoms with Gasteiger partial charge in [0, 0.05) is 48.1 Å². The number of carboxylic acid groups (broad SMARTS) is 1. The zero-order valence-electron chi connectivity index (χ0n) is 22.0. The lowest BCUT2D eigenvalue weighted by atomic mass is 10.1. The van der Waals surface area contributed by atoms with Crippen molar-refractivity contribution >= 4 is 46.4 Å². The average Bonchev–Trinajstić information content (AvgIpc) is 3.72. The van der Waals surface area contributed by atoms with Crippen molar-refractivity contribution < 1.29 is 24.3 Å². The third-order valence-electron chi connectivity index (χ3n) is 7.18. The molecule has 10 heteroatoms. The molecule has 1 aromatic heterocycles. The Morgan fingerprint density at radius 1 is 0.925 bits per heavy atom. The molecule has 3 amide bonds. The van der Waals surface area contributed by atoms with Crippen molar-refractivity contribution in [2.24, 2.45) is 5.92 Å². The molecule has 1 aliphatic heterocycles. The molecule has 1 saturated carbocycles. The molecule has 2 aromatic carbocycles. The van der Waals surface area contributed by atoms with E-state index in [4.69, 9.17) is 0 Å². The molecule has 3 aromatic rings. The number of thiophene rings is 1. The Labute approximate surface area is 236 Å². The third kappa shape index (κ3) is 6.69. The van der Waals surface area contributed by atoms with Gasteiger partial charge in [-0.3, -0.25) is 19.2 Å². The summed E-state index contributed by atoms with van der Waals surface area (Å²) in [4.78, 5) is 55.2. The molecule has 0 radical (unpaired) electrons. The number of carboxylic acids is 1. The molecular formula is C30H32N4O5S. The second-order valence-corrected chi connectivity index (χ2v) is 11.1. The minimum atomic E-state index is -1.01. The summed E-state index contributed by atoms with van der Waals surface area (Å²) in [6, 6.07) is 17.4. The lowest BCUT2D eigenvalue weighted by Crippen LogP contribution is -2.35. The number of nitrogens with one attached hydrogen (secondary N) is 2. The van der Waals surface area contributed by atoms with Crippen molar-refractivity contribution in [2.45, 2.75) is 31.7 Å². The Morgan fingerprint density at radius 3 is 2.42 bits per heavy atom. The number of nitrogens with zero attached hydrogens (tertiary/aromatic N) is 2. The van der Waals surface area contributed by atoms with Crippen molar-refractivity contribution in [1.29, 1.82) is 0 Å². The van der Waals surface area contributed by atoms with Crippen LogP contribution in [0.15, 0.2) is 66.0 Å². The zero-order chi connectivity index (χ0) is 28.1. The summed E-state index contributed by atoms with van der Waals surface area (Å²) in [6.07, 6.45) is 2.22. The van der Waals surface area contributed by atoms with Crippen LogP contribution in [0.5, 0.6) is 0 Å². The topological polar surface area (TPSA) is 119 Å². The van der Waals surface area contributed by atoms with E-state index in [1.165, 1.54) is 11.3 Å². The predicted molar refractivity (Wildman–Crippen MR) is 154 cm³/mol. The number of hydrogen-bond donors (Lipinski definition) is 3. The molecule has 2 aliphatic rings. The van der Waals surface area contributed by atoms with Gasteiger partial charge in [0.05, 0.1) is 23.8 Å². The quantitative estimate of drug-likeness (QED) is 0.357. The summed E-state index contributed by atoms with van der Waals surface area (Å²) < 4.78 is 0. The first kappa shape index (κ1) is 27.4. The second kappa shape index (κ2) is 12.3. The van der Waals surface area contributed by atoms with Crippen LogP contribution >= 0.6 is 11.3 Å². The highest BCUT2D eigenvalue weighted by atomic mass is 32.1. The van der Waals surface area contributed by atoms with Crippen LogP contribution in [-0.2, 0) is 9.59 Å². The highest BCUT2D eigenvalue weighted by Gasteiger charge is 2.31. The smallest absolute Gasteiger partial charge is 0.305 e. The molecule has 208 valence electrons. The molecule has 0 spiro atoms. The summed E-state index contributed by atoms with van der Waals surface area (Å²) in [6.45, 7) is 2.43. The monoisotopic (exact) mass is 560 g/mol. The van der Waals surface area contributed by atoms with Crippen LogP contribution in [0.3, 0.4) is 0 Å². The maximum absolute atomic E-state index is 13.2. The summed E-state index contributed by atoms with van der Waals surface area (Å²) in [5, 5.41) is 17.1. The van der Waals surface area contributed by atoms with Gasteiger partial charge in [-0.15, -0.1) is 11.3 Å². The van der Waals surface area contributed by atoms with Gasteiger partial charge >= 0.3 is 5.97 Å². The van der Waals surface area contributed by atoms with Crippen LogP contribution in [0.1, 0.15) is 57.3 Å². The molecule has 2 fully saturated rings. The summed E-state index contributed by atoms with van der Waals surface area (Å²) >= 11 is 1.39. The number of aliphatic carboxylic acids is 1. The molecule has 9 nitrogen and oxygen atoms in total. The number of carbonyl (C=O) groups is 4. The first-order chi connectivity index (χ1) is 19.4. The van der Waals surface area contributed by atoms with Gasteiger partial charge in [0.25, 0.3) is 11.8 Å². The SMILES string of the molecule is O=C(O)CC(NC(=O)c1ccc(N2CCCN(C(=O)c3ccccc3)CC2)c(NC(=O)C2CC2)c1)c1cccs1. The van der Waals surface area contributed by atoms with E-state index in [9.17, 15) is 24.3 Å². The van der Waals surface area contributed by atoms with Crippen LogP contribution in [-0.4, -0.2) is 59.9 Å². The molecule has 1 unspecified atom stereocenters. The van der Waals surface area contributed by atoms with Gasteiger partial charge in [0.15, 0.2) is 0 Å². The van der Waals surface area contributed by atoms with Gasteiger partial charge in [-0.05, 0) is 61.0 Å². The maximum Gasteiger partial charge on any atom is 0.305 e. The van der Waals surface area contributed by atoms with Crippen molar-refractivity contribution in [3.05, 3.63) is 82.0 Å². The fourth-order valence-electron chi connectivity index (χ4n) is 4.89. The van der Waals surface area contributed by atoms with Crippen LogP contribution in [0.4, 0.5) is 11.4 Å². The summed E-state index contributed by atoms with van der Waals surface area (Å²) in [7, 11) is 0. The molecule has 5 rings (SSSR count). The number of anilines is 2. The number of hydrogen-bond acceptors (Lipinski definition) is 6. The van der Waals surface area contributed by atoms with Gasteiger partial charge in [-0.2, -0.15) is 0 Å². The highest BCUT2D eigenvalue weighted by molar-refractivity contribution is 7.10. The third-order valence-corrected chi connectivity index (χ3v) is 8.17. The fourth-order valence-corrected chi connectivity index (χ4v) is 5.66. The van der Waals surface area contributed by atoms with Crippen molar-refractivity contribution in [3.8, 4) is 0 Å². The van der Waals surface area contributed by atoms with E-state index in [0.29, 0.717) is 43.0 Å². The van der Waals surface area contributed by atoms with Crippen LogP contribution in [0, 0.1) is 5.92 Å². The molecule has 1 atom stereocenters. The van der Waals surface area contributed by atoms with E-state index in [2.05, 4.69) is 15.5 Å². The van der Waals surface area contributed by atoms with Crippen LogP contribution < -0.4 is 15.5 Å². The standard InChI is InChI=1S/C30H32N4O5S/c35-27(36)19-24(26-8-4-17-40-26)32-29(38)22-11-12-25(23(18-22)31-28(37)20-9-10-20)33-13-5-14-34(16-15-33)30(39)21-6-2-1-3-7-21/h1-4,6-8,11-12,17-18,20,24H,5,9-10,13-16,19H2,(H,31,37)(H,32,38)(H,35,36). The lowest BCUT2D eigenvalue weighted by molar-refractivity contribution is -0.137. The van der Waals surface area contributed by atoms with Crippen LogP contribution in [0.2, 0.25) is 0 Å². The molecule has 0 bridgehead atoms.